The van der Waals surface area contributed by atoms with E-state index in [4.69, 9.17) is 0 Å². The highest BCUT2D eigenvalue weighted by Gasteiger charge is 1.99. The second kappa shape index (κ2) is 5.18. The average molecular weight is 164 g/mol. The first-order valence-electron chi connectivity index (χ1n) is 5.14. The Bertz CT molecular complexity index is 172. The lowest BCUT2D eigenvalue weighted by molar-refractivity contribution is 0.662. The summed E-state index contributed by atoms with van der Waals surface area (Å²) in [7, 11) is 0. The van der Waals surface area contributed by atoms with E-state index in [2.05, 4.69) is 32.1 Å². The van der Waals surface area contributed by atoms with E-state index in [1.807, 2.05) is 0 Å². The van der Waals surface area contributed by atoms with Crippen LogP contribution in [-0.2, 0) is 0 Å². The highest BCUT2D eigenvalue weighted by molar-refractivity contribution is 5.19. The van der Waals surface area contributed by atoms with E-state index in [0.717, 1.165) is 5.92 Å². The third-order valence-electron chi connectivity index (χ3n) is 2.27. The predicted octanol–water partition coefficient (Wildman–Crippen LogP) is 4.09. The molecule has 0 saturated carbocycles. The lowest BCUT2D eigenvalue weighted by atomic mass is 9.98. The van der Waals surface area contributed by atoms with Crippen LogP contribution in [0.15, 0.2) is 23.8 Å². The minimum absolute atomic E-state index is 0.797. The van der Waals surface area contributed by atoms with Crippen LogP contribution in [-0.4, -0.2) is 0 Å². The Morgan fingerprint density at radius 2 is 2.25 bits per heavy atom. The number of allylic oxidation sites excluding steroid dienone is 4. The Morgan fingerprint density at radius 1 is 1.42 bits per heavy atom. The molecule has 1 rings (SSSR count). The van der Waals surface area contributed by atoms with Crippen molar-refractivity contribution >= 4 is 0 Å². The summed E-state index contributed by atoms with van der Waals surface area (Å²) in [5, 5.41) is 0. The molecule has 0 bridgehead atoms. The average Bonchev–Trinajstić information content (AvgIpc) is 2.05. The van der Waals surface area contributed by atoms with Crippen LogP contribution in [0, 0.1) is 5.92 Å². The van der Waals surface area contributed by atoms with Crippen molar-refractivity contribution in [3.05, 3.63) is 23.8 Å². The predicted molar refractivity (Wildman–Crippen MR) is 55.1 cm³/mol. The van der Waals surface area contributed by atoms with Crippen LogP contribution in [0.1, 0.15) is 46.0 Å². The maximum Gasteiger partial charge on any atom is -0.0282 e. The summed E-state index contributed by atoms with van der Waals surface area (Å²) < 4.78 is 0. The van der Waals surface area contributed by atoms with Crippen molar-refractivity contribution < 1.29 is 0 Å². The van der Waals surface area contributed by atoms with Crippen LogP contribution in [0.4, 0.5) is 0 Å². The SMILES string of the molecule is CC(C)CC=CC1=CCCCC1. The Labute approximate surface area is 76.4 Å². The van der Waals surface area contributed by atoms with Crippen molar-refractivity contribution in [1.82, 2.24) is 0 Å². The number of rotatable bonds is 3. The topological polar surface area (TPSA) is 0 Å². The molecule has 0 fully saturated rings. The molecular weight excluding hydrogens is 144 g/mol. The molecule has 0 aromatic carbocycles. The molecule has 1 aliphatic carbocycles. The molecular formula is C12H20. The van der Waals surface area contributed by atoms with E-state index >= 15 is 0 Å². The standard InChI is InChI=1S/C12H20/c1-11(2)7-6-10-12-8-4-3-5-9-12/h6,8,10-11H,3-5,7,9H2,1-2H3. The van der Waals surface area contributed by atoms with Crippen LogP contribution in [0.2, 0.25) is 0 Å². The fraction of sp³-hybridized carbons (Fsp3) is 0.667. The fourth-order valence-electron chi connectivity index (χ4n) is 1.51. The molecule has 0 radical (unpaired) electrons. The van der Waals surface area contributed by atoms with Crippen molar-refractivity contribution in [2.24, 2.45) is 5.92 Å². The second-order valence-electron chi connectivity index (χ2n) is 4.06. The van der Waals surface area contributed by atoms with Gasteiger partial charge in [0, 0.05) is 0 Å². The van der Waals surface area contributed by atoms with Gasteiger partial charge in [-0.15, -0.1) is 0 Å². The second-order valence-corrected chi connectivity index (χ2v) is 4.06. The Morgan fingerprint density at radius 3 is 2.83 bits per heavy atom. The highest BCUT2D eigenvalue weighted by Crippen LogP contribution is 2.18. The van der Waals surface area contributed by atoms with Gasteiger partial charge in [-0.1, -0.05) is 37.6 Å². The van der Waals surface area contributed by atoms with Gasteiger partial charge < -0.3 is 0 Å². The highest BCUT2D eigenvalue weighted by atomic mass is 14.0. The quantitative estimate of drug-likeness (QED) is 0.589. The molecule has 0 amide bonds. The van der Waals surface area contributed by atoms with E-state index in [1.165, 1.54) is 32.1 Å². The monoisotopic (exact) mass is 164 g/mol. The van der Waals surface area contributed by atoms with Crippen LogP contribution < -0.4 is 0 Å². The minimum Gasteiger partial charge on any atom is -0.0840 e. The lowest BCUT2D eigenvalue weighted by Crippen LogP contribution is -1.88. The third-order valence-corrected chi connectivity index (χ3v) is 2.27. The molecule has 12 heavy (non-hydrogen) atoms. The van der Waals surface area contributed by atoms with E-state index in [0.29, 0.717) is 0 Å². The van der Waals surface area contributed by atoms with Crippen LogP contribution >= 0.6 is 0 Å². The Hall–Kier alpha value is -0.520. The van der Waals surface area contributed by atoms with Gasteiger partial charge in [0.05, 0.1) is 0 Å². The summed E-state index contributed by atoms with van der Waals surface area (Å²) in [5.74, 6) is 0.797. The maximum atomic E-state index is 2.39. The van der Waals surface area contributed by atoms with Crippen molar-refractivity contribution in [3.63, 3.8) is 0 Å². The summed E-state index contributed by atoms with van der Waals surface area (Å²) in [5.41, 5.74) is 1.56. The van der Waals surface area contributed by atoms with Gasteiger partial charge >= 0.3 is 0 Å². The Balaban J connectivity index is 2.29. The zero-order valence-electron chi connectivity index (χ0n) is 8.34. The summed E-state index contributed by atoms with van der Waals surface area (Å²) in [6, 6.07) is 0. The molecule has 0 aromatic rings. The van der Waals surface area contributed by atoms with Crippen molar-refractivity contribution in [2.45, 2.75) is 46.0 Å². The zero-order valence-corrected chi connectivity index (χ0v) is 8.34. The number of hydrogen-bond acceptors (Lipinski definition) is 0. The van der Waals surface area contributed by atoms with Gasteiger partial charge in [-0.05, 0) is 38.0 Å². The Kier molecular flexibility index (Phi) is 4.13. The first-order chi connectivity index (χ1) is 5.79. The molecule has 0 N–H and O–H groups in total. The maximum absolute atomic E-state index is 2.39. The molecule has 0 atom stereocenters. The normalized spacial score (nSPS) is 18.8. The van der Waals surface area contributed by atoms with Crippen LogP contribution in [0.25, 0.3) is 0 Å². The zero-order chi connectivity index (χ0) is 8.81. The summed E-state index contributed by atoms with van der Waals surface area (Å²) in [6.07, 6.45) is 13.6. The molecule has 0 spiro atoms. The van der Waals surface area contributed by atoms with Crippen LogP contribution in [0.3, 0.4) is 0 Å². The molecule has 1 aliphatic rings. The fourth-order valence-corrected chi connectivity index (χ4v) is 1.51. The van der Waals surface area contributed by atoms with Crippen molar-refractivity contribution in [2.75, 3.05) is 0 Å². The molecule has 0 nitrogen and oxygen atoms in total. The van der Waals surface area contributed by atoms with Gasteiger partial charge in [-0.3, -0.25) is 0 Å². The summed E-state index contributed by atoms with van der Waals surface area (Å²) >= 11 is 0. The van der Waals surface area contributed by atoms with Crippen LogP contribution in [0.5, 0.6) is 0 Å². The van der Waals surface area contributed by atoms with Gasteiger partial charge in [0.15, 0.2) is 0 Å². The summed E-state index contributed by atoms with van der Waals surface area (Å²) in [6.45, 7) is 4.53. The molecule has 0 heteroatoms. The van der Waals surface area contributed by atoms with Gasteiger partial charge in [0.2, 0.25) is 0 Å². The molecule has 0 unspecified atom stereocenters. The smallest absolute Gasteiger partial charge is 0.0282 e. The molecule has 68 valence electrons. The summed E-state index contributed by atoms with van der Waals surface area (Å²) in [4.78, 5) is 0. The van der Waals surface area contributed by atoms with Gasteiger partial charge in [-0.25, -0.2) is 0 Å². The van der Waals surface area contributed by atoms with Gasteiger partial charge in [-0.2, -0.15) is 0 Å². The molecule has 0 saturated heterocycles. The van der Waals surface area contributed by atoms with Gasteiger partial charge in [0.1, 0.15) is 0 Å². The largest absolute Gasteiger partial charge is 0.0840 e. The molecule has 0 aromatic heterocycles. The third kappa shape index (κ3) is 3.75. The van der Waals surface area contributed by atoms with E-state index in [1.54, 1.807) is 5.57 Å². The first-order valence-corrected chi connectivity index (χ1v) is 5.14. The van der Waals surface area contributed by atoms with E-state index < -0.39 is 0 Å². The van der Waals surface area contributed by atoms with Crippen molar-refractivity contribution in [3.8, 4) is 0 Å². The first kappa shape index (κ1) is 9.57. The van der Waals surface area contributed by atoms with Crippen molar-refractivity contribution in [1.29, 1.82) is 0 Å². The lowest BCUT2D eigenvalue weighted by Gasteiger charge is -2.08. The minimum atomic E-state index is 0.797. The molecule has 0 heterocycles. The van der Waals surface area contributed by atoms with E-state index in [-0.39, 0.29) is 0 Å². The molecule has 0 aliphatic heterocycles. The number of hydrogen-bond donors (Lipinski definition) is 0. The van der Waals surface area contributed by atoms with E-state index in [9.17, 15) is 0 Å². The van der Waals surface area contributed by atoms with Gasteiger partial charge in [0.25, 0.3) is 0 Å².